The first kappa shape index (κ1) is 54.3. The molecule has 306 valence electrons. The van der Waals surface area contributed by atoms with Gasteiger partial charge in [0.25, 0.3) is 0 Å². The number of nitrogens with zero attached hydrogens (tertiary/aromatic N) is 2. The Morgan fingerprint density at radius 3 is 1.98 bits per heavy atom. The van der Waals surface area contributed by atoms with Gasteiger partial charge in [-0.15, -0.1) is 11.3 Å². The number of unbranched alkanes of at least 4 members (excludes halogenated alkanes) is 4. The molecule has 0 amide bonds. The number of aliphatic hydroxyl groups excluding tert-OH is 1. The molecule has 0 radical (unpaired) electrons. The van der Waals surface area contributed by atoms with Crippen LogP contribution in [0.5, 0.6) is 0 Å². The number of rotatable bonds is 22. The number of thiazole rings is 1. The van der Waals surface area contributed by atoms with E-state index in [1.54, 1.807) is 0 Å². The molecular weight excluding hydrogens is 671 g/mol. The molecule has 3 unspecified atom stereocenters. The third-order valence-corrected chi connectivity index (χ3v) is 9.43. The number of aromatic nitrogens is 1. The maximum absolute atomic E-state index is 7.33. The zero-order chi connectivity index (χ0) is 41.0. The van der Waals surface area contributed by atoms with Crippen LogP contribution < -0.4 is 16.4 Å². The summed E-state index contributed by atoms with van der Waals surface area (Å²) in [6.07, 6.45) is 16.6. The van der Waals surface area contributed by atoms with Crippen LogP contribution in [0.4, 0.5) is 0 Å². The van der Waals surface area contributed by atoms with E-state index in [4.69, 9.17) is 10.1 Å². The van der Waals surface area contributed by atoms with Crippen LogP contribution in [-0.4, -0.2) is 47.2 Å². The maximum atomic E-state index is 7.33. The first-order chi connectivity index (χ1) is 25.3. The summed E-state index contributed by atoms with van der Waals surface area (Å²) in [6.45, 7) is 39.4. The molecule has 1 aromatic heterocycles. The molecule has 7 heteroatoms. The molecule has 6 nitrogen and oxygen atoms in total. The standard InChI is InChI=1S/C32H51N3S.C7H17N.C3H8.C2H5N.C2H4O/c1-10-13-14-29(21-31(23(4)5)35(19-11-2)26(8)12-3)32-34-30(22-36-32)27(9)33-25(7)20-28-17-15-24(6)16-18-28;1-3-4-5-6-7-8-2;1-3-2;2*1-2-3/h15-18,22-23,25,29,31,33H,8-14,19-21H2,1-7H3;8H,3-7H2,1-2H3;3H2,1-2H3;2H,1,3H2;2-3H,1H2. The Hall–Kier alpha value is -3.03. The van der Waals surface area contributed by atoms with Gasteiger partial charge in [-0.2, -0.15) is 0 Å². The molecular formula is C46H85N5OS. The number of nitrogens with one attached hydrogen (secondary N) is 2. The fourth-order valence-electron chi connectivity index (χ4n) is 5.69. The normalized spacial score (nSPS) is 11.7. The second-order valence-corrected chi connectivity index (χ2v) is 15.0. The van der Waals surface area contributed by atoms with Gasteiger partial charge in [0.2, 0.25) is 0 Å². The number of allylic oxidation sites excluding steroid dienone is 1. The van der Waals surface area contributed by atoms with E-state index in [0.717, 1.165) is 49.9 Å². The van der Waals surface area contributed by atoms with Crippen LogP contribution >= 0.6 is 11.3 Å². The second kappa shape index (κ2) is 37.3. The lowest BCUT2D eigenvalue weighted by Crippen LogP contribution is -2.39. The van der Waals surface area contributed by atoms with Gasteiger partial charge in [-0.25, -0.2) is 4.98 Å². The Morgan fingerprint density at radius 2 is 1.51 bits per heavy atom. The molecule has 0 saturated carbocycles. The van der Waals surface area contributed by atoms with Gasteiger partial charge in [0, 0.05) is 35.6 Å². The summed E-state index contributed by atoms with van der Waals surface area (Å²) in [7, 11) is 2.01. The Bertz CT molecular complexity index is 1130. The minimum atomic E-state index is 0.300. The van der Waals surface area contributed by atoms with E-state index >= 15 is 0 Å². The van der Waals surface area contributed by atoms with Crippen LogP contribution in [0, 0.1) is 12.8 Å². The van der Waals surface area contributed by atoms with Crippen molar-refractivity contribution >= 4 is 17.0 Å². The van der Waals surface area contributed by atoms with Crippen LogP contribution in [0.3, 0.4) is 0 Å². The van der Waals surface area contributed by atoms with Crippen molar-refractivity contribution in [3.05, 3.63) is 95.9 Å². The van der Waals surface area contributed by atoms with Crippen molar-refractivity contribution in [3.63, 3.8) is 0 Å². The third kappa shape index (κ3) is 28.1. The number of hydrogen-bond acceptors (Lipinski definition) is 7. The largest absolute Gasteiger partial charge is 0.516 e. The molecule has 0 aliphatic heterocycles. The molecule has 0 fully saturated rings. The SMILES string of the molecule is C=C(NC(C)Cc1ccc(C)cc1)c1csc(C(CCCC)CC(C(C)C)N(CCC)C(=C)CC)n1.C=CN.C=CO.CCC.CCCCCCNC. The molecule has 0 aliphatic rings. The van der Waals surface area contributed by atoms with Gasteiger partial charge in [0.05, 0.1) is 22.7 Å². The average Bonchev–Trinajstić information content (AvgIpc) is 3.62. The van der Waals surface area contributed by atoms with Gasteiger partial charge in [0.1, 0.15) is 0 Å². The van der Waals surface area contributed by atoms with Gasteiger partial charge < -0.3 is 26.4 Å². The first-order valence-corrected chi connectivity index (χ1v) is 21.4. The molecule has 53 heavy (non-hydrogen) atoms. The molecule has 0 bridgehead atoms. The van der Waals surface area contributed by atoms with Crippen molar-refractivity contribution in [2.45, 2.75) is 164 Å². The number of benzene rings is 1. The van der Waals surface area contributed by atoms with Gasteiger partial charge in [-0.1, -0.05) is 150 Å². The Balaban J connectivity index is -0.00000123. The zero-order valence-electron chi connectivity index (χ0n) is 36.4. The van der Waals surface area contributed by atoms with E-state index in [2.05, 4.69) is 146 Å². The quantitative estimate of drug-likeness (QED) is 0.0707. The molecule has 3 atom stereocenters. The summed E-state index contributed by atoms with van der Waals surface area (Å²) in [6, 6.07) is 9.59. The number of aryl methyl sites for hydroxylation is 1. The lowest BCUT2D eigenvalue weighted by atomic mass is 9.88. The number of hydrogen-bond donors (Lipinski definition) is 4. The summed E-state index contributed by atoms with van der Waals surface area (Å²) < 4.78 is 0. The van der Waals surface area contributed by atoms with Gasteiger partial charge in [-0.05, 0) is 83.6 Å². The molecule has 5 N–H and O–H groups in total. The van der Waals surface area contributed by atoms with Crippen LogP contribution in [0.25, 0.3) is 5.70 Å². The molecule has 0 saturated heterocycles. The Labute approximate surface area is 333 Å². The minimum absolute atomic E-state index is 0.300. The predicted molar refractivity (Wildman–Crippen MR) is 242 cm³/mol. The van der Waals surface area contributed by atoms with E-state index in [-0.39, 0.29) is 0 Å². The van der Waals surface area contributed by atoms with E-state index in [0.29, 0.717) is 23.9 Å². The fraction of sp³-hybridized carbons (Fsp3) is 0.630. The number of aliphatic hydroxyl groups is 1. The monoisotopic (exact) mass is 756 g/mol. The predicted octanol–water partition coefficient (Wildman–Crippen LogP) is 12.9. The summed E-state index contributed by atoms with van der Waals surface area (Å²) >= 11 is 1.81. The Kier molecular flexibility index (Phi) is 38.2. The topological polar surface area (TPSA) is 86.4 Å². The van der Waals surface area contributed by atoms with Crippen molar-refractivity contribution in [1.82, 2.24) is 20.5 Å². The molecule has 0 spiro atoms. The molecule has 2 aromatic rings. The lowest BCUT2D eigenvalue weighted by molar-refractivity contribution is 0.174. The third-order valence-electron chi connectivity index (χ3n) is 8.42. The molecule has 1 heterocycles. The highest BCUT2D eigenvalue weighted by atomic mass is 32.1. The van der Waals surface area contributed by atoms with E-state index < -0.39 is 0 Å². The van der Waals surface area contributed by atoms with Crippen molar-refractivity contribution in [2.24, 2.45) is 11.7 Å². The zero-order valence-corrected chi connectivity index (χ0v) is 37.2. The lowest BCUT2D eigenvalue weighted by Gasteiger charge is -2.39. The van der Waals surface area contributed by atoms with Crippen molar-refractivity contribution < 1.29 is 5.11 Å². The highest BCUT2D eigenvalue weighted by Gasteiger charge is 2.28. The second-order valence-electron chi connectivity index (χ2n) is 14.1. The minimum Gasteiger partial charge on any atom is -0.516 e. The molecule has 1 aromatic carbocycles. The first-order valence-electron chi connectivity index (χ1n) is 20.5. The highest BCUT2D eigenvalue weighted by molar-refractivity contribution is 7.09. The average molecular weight is 756 g/mol. The fourth-order valence-corrected chi connectivity index (χ4v) is 6.67. The van der Waals surface area contributed by atoms with Crippen LogP contribution in [0.15, 0.2) is 74.1 Å². The van der Waals surface area contributed by atoms with Crippen molar-refractivity contribution in [3.8, 4) is 0 Å². The molecule has 2 rings (SSSR count). The van der Waals surface area contributed by atoms with Crippen LogP contribution in [0.2, 0.25) is 0 Å². The summed E-state index contributed by atoms with van der Waals surface area (Å²) in [5.74, 6) is 1.04. The number of nitrogens with two attached hydrogens (primary N) is 1. The van der Waals surface area contributed by atoms with Crippen molar-refractivity contribution in [1.29, 1.82) is 0 Å². The van der Waals surface area contributed by atoms with Gasteiger partial charge in [-0.3, -0.25) is 0 Å². The van der Waals surface area contributed by atoms with Crippen LogP contribution in [0.1, 0.15) is 161 Å². The maximum Gasteiger partial charge on any atom is 0.0967 e. The Morgan fingerprint density at radius 1 is 0.943 bits per heavy atom. The smallest absolute Gasteiger partial charge is 0.0967 e. The highest BCUT2D eigenvalue weighted by Crippen LogP contribution is 2.35. The summed E-state index contributed by atoms with van der Waals surface area (Å²) in [5, 5.41) is 17.5. The van der Waals surface area contributed by atoms with Crippen LogP contribution in [-0.2, 0) is 6.42 Å². The van der Waals surface area contributed by atoms with Crippen molar-refractivity contribution in [2.75, 3.05) is 20.1 Å². The van der Waals surface area contributed by atoms with Gasteiger partial charge >= 0.3 is 0 Å². The van der Waals surface area contributed by atoms with E-state index in [9.17, 15) is 0 Å². The molecule has 0 aliphatic carbocycles. The van der Waals surface area contributed by atoms with E-state index in [1.165, 1.54) is 85.9 Å². The van der Waals surface area contributed by atoms with Gasteiger partial charge in [0.15, 0.2) is 0 Å². The summed E-state index contributed by atoms with van der Waals surface area (Å²) in [5.41, 5.74) is 10.4. The summed E-state index contributed by atoms with van der Waals surface area (Å²) in [4.78, 5) is 7.72. The van der Waals surface area contributed by atoms with E-state index in [1.807, 2.05) is 18.4 Å².